The Bertz CT molecular complexity index is 434. The smallest absolute Gasteiger partial charge is 0.384 e. The Kier molecular flexibility index (Phi) is 4.13. The minimum absolute atomic E-state index is 0.253. The van der Waals surface area contributed by atoms with Gasteiger partial charge in [-0.1, -0.05) is 13.0 Å². The Labute approximate surface area is 97.6 Å². The number of nitrogens with zero attached hydrogens (tertiary/aromatic N) is 1. The molecule has 0 saturated carbocycles. The quantitative estimate of drug-likeness (QED) is 0.815. The molecule has 0 unspecified atom stereocenters. The highest BCUT2D eigenvalue weighted by Crippen LogP contribution is 2.33. The SMILES string of the molecule is COC[C](C)c1ccc(C#N)c(C(F)(F)F)c1. The minimum Gasteiger partial charge on any atom is -0.384 e. The molecular formula is C12H11F3NO. The summed E-state index contributed by atoms with van der Waals surface area (Å²) in [7, 11) is 1.47. The van der Waals surface area contributed by atoms with E-state index >= 15 is 0 Å². The summed E-state index contributed by atoms with van der Waals surface area (Å²) in [6, 6.07) is 5.18. The summed E-state index contributed by atoms with van der Waals surface area (Å²) in [4.78, 5) is 0. The number of benzene rings is 1. The second kappa shape index (κ2) is 5.19. The fourth-order valence-corrected chi connectivity index (χ4v) is 1.44. The molecule has 17 heavy (non-hydrogen) atoms. The third-order valence-corrected chi connectivity index (χ3v) is 2.30. The van der Waals surface area contributed by atoms with Crippen LogP contribution in [0.15, 0.2) is 18.2 Å². The van der Waals surface area contributed by atoms with Crippen LogP contribution in [-0.4, -0.2) is 13.7 Å². The van der Waals surface area contributed by atoms with Crippen LogP contribution in [-0.2, 0) is 10.9 Å². The van der Waals surface area contributed by atoms with Crippen molar-refractivity contribution in [3.63, 3.8) is 0 Å². The first-order chi connectivity index (χ1) is 7.90. The zero-order chi connectivity index (χ0) is 13.1. The van der Waals surface area contributed by atoms with Gasteiger partial charge in [0.1, 0.15) is 0 Å². The Morgan fingerprint density at radius 1 is 1.41 bits per heavy atom. The van der Waals surface area contributed by atoms with Crippen LogP contribution in [0.4, 0.5) is 13.2 Å². The van der Waals surface area contributed by atoms with Gasteiger partial charge in [0.2, 0.25) is 0 Å². The summed E-state index contributed by atoms with van der Waals surface area (Å²) in [6.45, 7) is 1.94. The highest BCUT2D eigenvalue weighted by Gasteiger charge is 2.34. The third kappa shape index (κ3) is 3.21. The van der Waals surface area contributed by atoms with Crippen LogP contribution >= 0.6 is 0 Å². The summed E-state index contributed by atoms with van der Waals surface area (Å²) in [5.41, 5.74) is -0.849. The van der Waals surface area contributed by atoms with E-state index in [2.05, 4.69) is 0 Å². The summed E-state index contributed by atoms with van der Waals surface area (Å²) >= 11 is 0. The molecule has 0 aromatic heterocycles. The van der Waals surface area contributed by atoms with Crippen molar-refractivity contribution in [2.45, 2.75) is 13.1 Å². The summed E-state index contributed by atoms with van der Waals surface area (Å²) < 4.78 is 42.9. The van der Waals surface area contributed by atoms with Gasteiger partial charge in [0.05, 0.1) is 23.8 Å². The van der Waals surface area contributed by atoms with Crippen molar-refractivity contribution in [3.05, 3.63) is 40.8 Å². The van der Waals surface area contributed by atoms with E-state index in [4.69, 9.17) is 10.00 Å². The van der Waals surface area contributed by atoms with Gasteiger partial charge in [0.15, 0.2) is 0 Å². The zero-order valence-electron chi connectivity index (χ0n) is 9.43. The largest absolute Gasteiger partial charge is 0.417 e. The Morgan fingerprint density at radius 2 is 2.06 bits per heavy atom. The van der Waals surface area contributed by atoms with Crippen LogP contribution in [0.1, 0.15) is 23.6 Å². The Balaban J connectivity index is 3.19. The number of alkyl halides is 3. The van der Waals surface area contributed by atoms with E-state index < -0.39 is 11.7 Å². The van der Waals surface area contributed by atoms with Gasteiger partial charge >= 0.3 is 6.18 Å². The average Bonchev–Trinajstić information content (AvgIpc) is 2.27. The molecule has 1 aromatic carbocycles. The highest BCUT2D eigenvalue weighted by molar-refractivity contribution is 5.45. The van der Waals surface area contributed by atoms with Crippen molar-refractivity contribution in [1.82, 2.24) is 0 Å². The van der Waals surface area contributed by atoms with Gasteiger partial charge in [-0.15, -0.1) is 0 Å². The van der Waals surface area contributed by atoms with Crippen molar-refractivity contribution in [3.8, 4) is 6.07 Å². The first-order valence-electron chi connectivity index (χ1n) is 4.83. The van der Waals surface area contributed by atoms with Crippen molar-refractivity contribution < 1.29 is 17.9 Å². The van der Waals surface area contributed by atoms with E-state index in [1.165, 1.54) is 25.3 Å². The first kappa shape index (κ1) is 13.5. The van der Waals surface area contributed by atoms with Crippen LogP contribution in [0.25, 0.3) is 0 Å². The lowest BCUT2D eigenvalue weighted by molar-refractivity contribution is -0.137. The van der Waals surface area contributed by atoms with Crippen LogP contribution < -0.4 is 0 Å². The Morgan fingerprint density at radius 3 is 2.53 bits per heavy atom. The van der Waals surface area contributed by atoms with Crippen LogP contribution in [0.2, 0.25) is 0 Å². The average molecular weight is 242 g/mol. The molecule has 2 nitrogen and oxygen atoms in total. The first-order valence-corrected chi connectivity index (χ1v) is 4.83. The topological polar surface area (TPSA) is 33.0 Å². The number of nitriles is 1. The molecule has 0 heterocycles. The standard InChI is InChI=1S/C12H11F3NO/c1-8(7-17-2)9-3-4-10(6-16)11(5-9)12(13,14)15/h3-5H,7H2,1-2H3. The molecule has 0 aliphatic rings. The number of methoxy groups -OCH3 is 1. The fourth-order valence-electron chi connectivity index (χ4n) is 1.44. The van der Waals surface area contributed by atoms with E-state index in [0.29, 0.717) is 11.5 Å². The van der Waals surface area contributed by atoms with Crippen molar-refractivity contribution in [2.24, 2.45) is 0 Å². The maximum atomic E-state index is 12.7. The number of halogens is 3. The summed E-state index contributed by atoms with van der Waals surface area (Å²) in [5.74, 6) is 0.683. The molecule has 0 aliphatic carbocycles. The molecule has 0 aliphatic heterocycles. The molecular weight excluding hydrogens is 231 g/mol. The molecule has 5 heteroatoms. The Hall–Kier alpha value is -1.54. The summed E-state index contributed by atoms with van der Waals surface area (Å²) in [5, 5.41) is 8.63. The lowest BCUT2D eigenvalue weighted by atomic mass is 9.96. The van der Waals surface area contributed by atoms with Crippen molar-refractivity contribution >= 4 is 0 Å². The molecule has 1 rings (SSSR count). The van der Waals surface area contributed by atoms with Gasteiger partial charge in [-0.3, -0.25) is 0 Å². The molecule has 0 N–H and O–H groups in total. The third-order valence-electron chi connectivity index (χ3n) is 2.30. The predicted octanol–water partition coefficient (Wildman–Crippen LogP) is 3.17. The van der Waals surface area contributed by atoms with E-state index in [-0.39, 0.29) is 12.2 Å². The maximum Gasteiger partial charge on any atom is 0.417 e. The highest BCUT2D eigenvalue weighted by atomic mass is 19.4. The van der Waals surface area contributed by atoms with Gasteiger partial charge in [0.25, 0.3) is 0 Å². The molecule has 1 aromatic rings. The molecule has 0 saturated heterocycles. The van der Waals surface area contributed by atoms with Gasteiger partial charge in [-0.2, -0.15) is 18.4 Å². The molecule has 0 amide bonds. The molecule has 0 spiro atoms. The number of hydrogen-bond donors (Lipinski definition) is 0. The number of rotatable bonds is 3. The van der Waals surface area contributed by atoms with Gasteiger partial charge in [-0.25, -0.2) is 0 Å². The molecule has 1 radical (unpaired) electrons. The van der Waals surface area contributed by atoms with E-state index in [1.807, 2.05) is 0 Å². The summed E-state index contributed by atoms with van der Waals surface area (Å²) in [6.07, 6.45) is -4.52. The van der Waals surface area contributed by atoms with Crippen molar-refractivity contribution in [1.29, 1.82) is 5.26 Å². The van der Waals surface area contributed by atoms with Crippen LogP contribution in [0.3, 0.4) is 0 Å². The predicted molar refractivity (Wildman–Crippen MR) is 56.1 cm³/mol. The van der Waals surface area contributed by atoms with Crippen molar-refractivity contribution in [2.75, 3.05) is 13.7 Å². The normalized spacial score (nSPS) is 11.6. The lowest BCUT2D eigenvalue weighted by Gasteiger charge is -2.14. The number of ether oxygens (including phenoxy) is 1. The molecule has 0 bridgehead atoms. The van der Waals surface area contributed by atoms with Crippen LogP contribution in [0.5, 0.6) is 0 Å². The van der Waals surface area contributed by atoms with Gasteiger partial charge in [-0.05, 0) is 17.7 Å². The van der Waals surface area contributed by atoms with E-state index in [0.717, 1.165) is 6.07 Å². The second-order valence-corrected chi connectivity index (χ2v) is 3.58. The maximum absolute atomic E-state index is 12.7. The van der Waals surface area contributed by atoms with E-state index in [9.17, 15) is 13.2 Å². The number of hydrogen-bond acceptors (Lipinski definition) is 2. The van der Waals surface area contributed by atoms with Crippen LogP contribution in [0, 0.1) is 17.2 Å². The monoisotopic (exact) mass is 242 g/mol. The minimum atomic E-state index is -4.52. The second-order valence-electron chi connectivity index (χ2n) is 3.58. The van der Waals surface area contributed by atoms with Gasteiger partial charge in [0, 0.05) is 13.0 Å². The molecule has 0 atom stereocenters. The van der Waals surface area contributed by atoms with E-state index in [1.54, 1.807) is 6.92 Å². The molecule has 0 fully saturated rings. The lowest BCUT2D eigenvalue weighted by Crippen LogP contribution is -2.10. The fraction of sp³-hybridized carbons (Fsp3) is 0.333. The molecule has 91 valence electrons. The van der Waals surface area contributed by atoms with Gasteiger partial charge < -0.3 is 4.74 Å². The zero-order valence-corrected chi connectivity index (χ0v) is 9.43.